The highest BCUT2D eigenvalue weighted by molar-refractivity contribution is 5.88. The van der Waals surface area contributed by atoms with E-state index < -0.39 is 5.97 Å². The third-order valence-electron chi connectivity index (χ3n) is 3.09. The summed E-state index contributed by atoms with van der Waals surface area (Å²) in [5.74, 6) is -0.416. The third-order valence-corrected chi connectivity index (χ3v) is 3.09. The summed E-state index contributed by atoms with van der Waals surface area (Å²) in [7, 11) is 0. The molecule has 0 fully saturated rings. The summed E-state index contributed by atoms with van der Waals surface area (Å²) in [4.78, 5) is 20.5. The van der Waals surface area contributed by atoms with Gasteiger partial charge in [0, 0.05) is 6.42 Å². The Morgan fingerprint density at radius 3 is 2.45 bits per heavy atom. The van der Waals surface area contributed by atoms with Crippen molar-refractivity contribution in [1.82, 2.24) is 9.97 Å². The van der Waals surface area contributed by atoms with Gasteiger partial charge in [0.05, 0.1) is 23.7 Å². The van der Waals surface area contributed by atoms with E-state index in [4.69, 9.17) is 4.74 Å². The molecule has 1 radical (unpaired) electrons. The molecule has 0 aliphatic rings. The lowest BCUT2D eigenvalue weighted by atomic mass is 10.2. The number of ether oxygens (including phenoxy) is 1. The maximum atomic E-state index is 12.0. The fraction of sp³-hybridized carbons (Fsp3) is 0.312. The molecule has 0 atom stereocenters. The highest BCUT2D eigenvalue weighted by Crippen LogP contribution is 2.09. The molecule has 103 valence electrons. The van der Waals surface area contributed by atoms with E-state index in [1.54, 1.807) is 6.92 Å². The van der Waals surface area contributed by atoms with Gasteiger partial charge >= 0.3 is 5.97 Å². The fourth-order valence-electron chi connectivity index (χ4n) is 1.83. The molecular formula is C16H17N2O2. The lowest BCUT2D eigenvalue weighted by molar-refractivity contribution is 0.0500. The molecule has 4 nitrogen and oxygen atoms in total. The topological polar surface area (TPSA) is 52.1 Å². The van der Waals surface area contributed by atoms with Gasteiger partial charge in [-0.3, -0.25) is 4.98 Å². The average molecular weight is 269 g/mol. The molecule has 1 aromatic carbocycles. The lowest BCUT2D eigenvalue weighted by Gasteiger charge is -2.08. The van der Waals surface area contributed by atoms with Crippen LogP contribution in [-0.4, -0.2) is 22.5 Å². The van der Waals surface area contributed by atoms with Crippen molar-refractivity contribution in [3.05, 3.63) is 58.7 Å². The molecule has 4 heteroatoms. The summed E-state index contributed by atoms with van der Waals surface area (Å²) in [6.45, 7) is 5.80. The van der Waals surface area contributed by atoms with Crippen LogP contribution in [0.2, 0.25) is 0 Å². The Bertz CT molecular complexity index is 609. The van der Waals surface area contributed by atoms with Crippen molar-refractivity contribution >= 4 is 5.97 Å². The molecule has 20 heavy (non-hydrogen) atoms. The van der Waals surface area contributed by atoms with Crippen molar-refractivity contribution < 1.29 is 9.53 Å². The Hall–Kier alpha value is -2.23. The van der Waals surface area contributed by atoms with Gasteiger partial charge in [0.25, 0.3) is 0 Å². The first kappa shape index (κ1) is 14.2. The molecule has 1 aromatic heterocycles. The Kier molecular flexibility index (Phi) is 4.45. The average Bonchev–Trinajstić information content (AvgIpc) is 2.44. The molecule has 0 spiro atoms. The Morgan fingerprint density at radius 1 is 1.10 bits per heavy atom. The Morgan fingerprint density at radius 2 is 1.75 bits per heavy atom. The van der Waals surface area contributed by atoms with Gasteiger partial charge < -0.3 is 4.74 Å². The number of aromatic nitrogens is 2. The Labute approximate surface area is 118 Å². The number of hydrogen-bond acceptors (Lipinski definition) is 4. The number of hydrogen-bond donors (Lipinski definition) is 0. The zero-order chi connectivity index (χ0) is 14.5. The standard InChI is InChI=1S/C16H17N2O2/c1-11-12(2)18-15(13(3)17-11)16(19)20-10-9-14-7-5-4-6-8-14/h5-8H,9-10H2,1-3H3. The van der Waals surface area contributed by atoms with Crippen LogP contribution >= 0.6 is 0 Å². The van der Waals surface area contributed by atoms with E-state index in [0.717, 1.165) is 17.0 Å². The molecule has 0 saturated carbocycles. The van der Waals surface area contributed by atoms with Crippen molar-refractivity contribution in [3.63, 3.8) is 0 Å². The summed E-state index contributed by atoms with van der Waals surface area (Å²) >= 11 is 0. The number of rotatable bonds is 4. The summed E-state index contributed by atoms with van der Waals surface area (Å²) in [6, 6.07) is 10.5. The maximum absolute atomic E-state index is 12.0. The van der Waals surface area contributed by atoms with Gasteiger partial charge in [-0.25, -0.2) is 9.78 Å². The first-order chi connectivity index (χ1) is 9.58. The zero-order valence-electron chi connectivity index (χ0n) is 11.9. The number of carbonyl (C=O) groups is 1. The van der Waals surface area contributed by atoms with Gasteiger partial charge in [0.1, 0.15) is 0 Å². The van der Waals surface area contributed by atoms with Gasteiger partial charge in [-0.05, 0) is 32.4 Å². The van der Waals surface area contributed by atoms with Crippen molar-refractivity contribution in [2.75, 3.05) is 6.61 Å². The van der Waals surface area contributed by atoms with Crippen LogP contribution in [0.3, 0.4) is 0 Å². The summed E-state index contributed by atoms with van der Waals surface area (Å²) in [5, 5.41) is 0. The molecule has 2 aromatic rings. The highest BCUT2D eigenvalue weighted by atomic mass is 16.5. The smallest absolute Gasteiger partial charge is 0.358 e. The quantitative estimate of drug-likeness (QED) is 0.801. The number of carbonyl (C=O) groups excluding carboxylic acids is 1. The van der Waals surface area contributed by atoms with Gasteiger partial charge in [-0.2, -0.15) is 0 Å². The third kappa shape index (κ3) is 3.41. The van der Waals surface area contributed by atoms with E-state index in [1.807, 2.05) is 38.1 Å². The number of aryl methyl sites for hydroxylation is 3. The predicted molar refractivity (Wildman–Crippen MR) is 75.5 cm³/mol. The normalized spacial score (nSPS) is 10.3. The predicted octanol–water partition coefficient (Wildman–Crippen LogP) is 2.60. The molecule has 0 aliphatic heterocycles. The van der Waals surface area contributed by atoms with Crippen molar-refractivity contribution in [3.8, 4) is 0 Å². The van der Waals surface area contributed by atoms with Gasteiger partial charge in [-0.15, -0.1) is 0 Å². The van der Waals surface area contributed by atoms with Crippen molar-refractivity contribution in [2.24, 2.45) is 0 Å². The van der Waals surface area contributed by atoms with Gasteiger partial charge in [0.15, 0.2) is 5.69 Å². The molecule has 0 bridgehead atoms. The second-order valence-corrected chi connectivity index (χ2v) is 4.62. The maximum Gasteiger partial charge on any atom is 0.358 e. The lowest BCUT2D eigenvalue weighted by Crippen LogP contribution is -2.14. The van der Waals surface area contributed by atoms with E-state index in [-0.39, 0.29) is 0 Å². The minimum Gasteiger partial charge on any atom is -0.461 e. The highest BCUT2D eigenvalue weighted by Gasteiger charge is 2.15. The molecule has 0 N–H and O–H groups in total. The zero-order valence-corrected chi connectivity index (χ0v) is 11.9. The molecular weight excluding hydrogens is 252 g/mol. The Balaban J connectivity index is 1.97. The summed E-state index contributed by atoms with van der Waals surface area (Å²) in [5.41, 5.74) is 3.60. The van der Waals surface area contributed by atoms with Crippen LogP contribution in [-0.2, 0) is 11.2 Å². The first-order valence-corrected chi connectivity index (χ1v) is 6.52. The van der Waals surface area contributed by atoms with Crippen LogP contribution in [0.1, 0.15) is 33.1 Å². The minimum absolute atomic E-state index is 0.300. The van der Waals surface area contributed by atoms with E-state index >= 15 is 0 Å². The van der Waals surface area contributed by atoms with Crippen LogP contribution in [0.5, 0.6) is 0 Å². The molecule has 0 unspecified atom stereocenters. The molecule has 0 amide bonds. The largest absolute Gasteiger partial charge is 0.461 e. The second-order valence-electron chi connectivity index (χ2n) is 4.62. The van der Waals surface area contributed by atoms with Crippen molar-refractivity contribution in [1.29, 1.82) is 0 Å². The molecule has 1 heterocycles. The molecule has 0 aliphatic carbocycles. The summed E-state index contributed by atoms with van der Waals surface area (Å²) < 4.78 is 5.26. The first-order valence-electron chi connectivity index (χ1n) is 6.52. The molecule has 0 saturated heterocycles. The number of esters is 1. The van der Waals surface area contributed by atoms with Crippen LogP contribution in [0.25, 0.3) is 0 Å². The van der Waals surface area contributed by atoms with Gasteiger partial charge in [-0.1, -0.05) is 24.3 Å². The number of nitrogens with zero attached hydrogens (tertiary/aromatic N) is 2. The minimum atomic E-state index is -0.416. The van der Waals surface area contributed by atoms with Crippen LogP contribution < -0.4 is 0 Å². The van der Waals surface area contributed by atoms with Crippen LogP contribution in [0.4, 0.5) is 0 Å². The van der Waals surface area contributed by atoms with Crippen molar-refractivity contribution in [2.45, 2.75) is 27.2 Å². The van der Waals surface area contributed by atoms with E-state index in [2.05, 4.69) is 16.0 Å². The van der Waals surface area contributed by atoms with E-state index in [1.165, 1.54) is 0 Å². The van der Waals surface area contributed by atoms with Crippen LogP contribution in [0, 0.1) is 26.8 Å². The SMILES string of the molecule is Cc1nc(C)c(C(=O)OCCc2cc[c]cc2)nc1C. The second kappa shape index (κ2) is 6.28. The monoisotopic (exact) mass is 269 g/mol. The van der Waals surface area contributed by atoms with E-state index in [9.17, 15) is 4.79 Å². The van der Waals surface area contributed by atoms with Gasteiger partial charge in [0.2, 0.25) is 0 Å². The molecule has 2 rings (SSSR count). The number of benzene rings is 1. The van der Waals surface area contributed by atoms with Crippen LogP contribution in [0.15, 0.2) is 24.3 Å². The van der Waals surface area contributed by atoms with E-state index in [0.29, 0.717) is 24.4 Å². The fourth-order valence-corrected chi connectivity index (χ4v) is 1.83. The summed E-state index contributed by atoms with van der Waals surface area (Å²) in [6.07, 6.45) is 0.678.